The summed E-state index contributed by atoms with van der Waals surface area (Å²) in [6, 6.07) is 1.28. The summed E-state index contributed by atoms with van der Waals surface area (Å²) in [7, 11) is -4.91. The molecule has 0 aliphatic carbocycles. The summed E-state index contributed by atoms with van der Waals surface area (Å²) in [4.78, 5) is 32.7. The minimum Gasteiger partial charge on any atom is -0.394 e. The van der Waals surface area contributed by atoms with Crippen molar-refractivity contribution in [3.63, 3.8) is 0 Å². The Bertz CT molecular complexity index is 615. The van der Waals surface area contributed by atoms with Crippen LogP contribution < -0.4 is 11.4 Å². The van der Waals surface area contributed by atoms with Crippen molar-refractivity contribution >= 4 is 13.6 Å². The van der Waals surface area contributed by atoms with Crippen LogP contribution in [0.15, 0.2) is 17.1 Å². The van der Waals surface area contributed by atoms with Gasteiger partial charge in [-0.2, -0.15) is 4.98 Å². The molecular weight excluding hydrogens is 309 g/mol. The van der Waals surface area contributed by atoms with Crippen LogP contribution in [0, 0.1) is 0 Å². The number of aliphatic hydroxyl groups excluding tert-OH is 2. The van der Waals surface area contributed by atoms with Gasteiger partial charge < -0.3 is 30.5 Å². The highest BCUT2D eigenvalue weighted by atomic mass is 31.2. The van der Waals surface area contributed by atoms with E-state index in [2.05, 4.69) is 9.51 Å². The lowest BCUT2D eigenvalue weighted by Gasteiger charge is -2.20. The van der Waals surface area contributed by atoms with Crippen molar-refractivity contribution in [3.05, 3.63) is 22.7 Å². The number of rotatable bonds is 4. The SMILES string of the molecule is Nc1ccn([C@H]2O[C@@H](CO)[C@@H](OP(=O)(O)O)[C@H]2O)c(=O)n1. The fraction of sp³-hybridized carbons (Fsp3) is 0.556. The summed E-state index contributed by atoms with van der Waals surface area (Å²) in [6.07, 6.45) is -4.45. The zero-order valence-corrected chi connectivity index (χ0v) is 11.4. The molecule has 4 atom stereocenters. The van der Waals surface area contributed by atoms with Crippen molar-refractivity contribution in [1.82, 2.24) is 9.55 Å². The molecule has 12 heteroatoms. The van der Waals surface area contributed by atoms with Crippen molar-refractivity contribution < 1.29 is 33.8 Å². The molecule has 1 fully saturated rings. The smallest absolute Gasteiger partial charge is 0.394 e. The van der Waals surface area contributed by atoms with Crippen LogP contribution in [0.5, 0.6) is 0 Å². The molecule has 11 nitrogen and oxygen atoms in total. The maximum absolute atomic E-state index is 11.7. The highest BCUT2D eigenvalue weighted by Gasteiger charge is 2.48. The van der Waals surface area contributed by atoms with E-state index in [1.165, 1.54) is 12.3 Å². The van der Waals surface area contributed by atoms with Crippen molar-refractivity contribution in [2.75, 3.05) is 12.3 Å². The Morgan fingerprint density at radius 3 is 2.71 bits per heavy atom. The Kier molecular flexibility index (Phi) is 4.44. The normalized spacial score (nSPS) is 29.7. The number of hydrogen-bond acceptors (Lipinski definition) is 8. The zero-order valence-electron chi connectivity index (χ0n) is 10.5. The number of phosphoric ester groups is 1. The quantitative estimate of drug-likeness (QED) is 0.374. The van der Waals surface area contributed by atoms with E-state index in [4.69, 9.17) is 25.4 Å². The van der Waals surface area contributed by atoms with Gasteiger partial charge in [-0.3, -0.25) is 9.09 Å². The third-order valence-corrected chi connectivity index (χ3v) is 3.39. The first-order valence-electron chi connectivity index (χ1n) is 5.76. The van der Waals surface area contributed by atoms with Gasteiger partial charge in [0.15, 0.2) is 6.23 Å². The second-order valence-corrected chi connectivity index (χ2v) is 5.53. The van der Waals surface area contributed by atoms with E-state index in [0.717, 1.165) is 4.57 Å². The molecule has 1 aliphatic rings. The van der Waals surface area contributed by atoms with Crippen LogP contribution in [-0.4, -0.2) is 54.5 Å². The number of nitrogens with zero attached hydrogens (tertiary/aromatic N) is 2. The molecule has 21 heavy (non-hydrogen) atoms. The van der Waals surface area contributed by atoms with Gasteiger partial charge in [0.1, 0.15) is 24.1 Å². The molecule has 1 aromatic heterocycles. The van der Waals surface area contributed by atoms with E-state index in [1.807, 2.05) is 0 Å². The number of nitrogen functional groups attached to an aromatic ring is 1. The molecule has 0 unspecified atom stereocenters. The van der Waals surface area contributed by atoms with Gasteiger partial charge in [-0.05, 0) is 6.07 Å². The monoisotopic (exact) mass is 323 g/mol. The molecule has 2 rings (SSSR count). The molecule has 1 aliphatic heterocycles. The van der Waals surface area contributed by atoms with Crippen LogP contribution >= 0.6 is 7.82 Å². The number of nitrogens with two attached hydrogens (primary N) is 1. The number of anilines is 1. The number of aliphatic hydroxyl groups is 2. The van der Waals surface area contributed by atoms with Crippen LogP contribution in [0.3, 0.4) is 0 Å². The standard InChI is InChI=1S/C9H14N3O8P/c10-5-1-2-12(9(15)11-5)8-6(14)7(4(3-13)19-8)20-21(16,17)18/h1-2,4,6-8,13-14H,3H2,(H2,10,11,15)(H2,16,17,18)/t4-,6+,7+,8-/m0/s1. The van der Waals surface area contributed by atoms with Crippen molar-refractivity contribution in [2.24, 2.45) is 0 Å². The second-order valence-electron chi connectivity index (χ2n) is 4.34. The van der Waals surface area contributed by atoms with Crippen LogP contribution in [0.4, 0.5) is 5.82 Å². The zero-order chi connectivity index (χ0) is 15.8. The molecule has 118 valence electrons. The maximum Gasteiger partial charge on any atom is 0.470 e. The summed E-state index contributed by atoms with van der Waals surface area (Å²) in [5.41, 5.74) is 4.50. The molecule has 0 bridgehead atoms. The summed E-state index contributed by atoms with van der Waals surface area (Å²) in [5.74, 6) is -0.0366. The third-order valence-electron chi connectivity index (χ3n) is 2.87. The molecule has 2 heterocycles. The predicted molar refractivity (Wildman–Crippen MR) is 66.8 cm³/mol. The van der Waals surface area contributed by atoms with E-state index in [-0.39, 0.29) is 5.82 Å². The van der Waals surface area contributed by atoms with E-state index in [9.17, 15) is 14.5 Å². The molecule has 0 saturated carbocycles. The largest absolute Gasteiger partial charge is 0.470 e. The summed E-state index contributed by atoms with van der Waals surface area (Å²) in [5, 5.41) is 19.2. The fourth-order valence-electron chi connectivity index (χ4n) is 2.00. The molecule has 1 aromatic rings. The van der Waals surface area contributed by atoms with Gasteiger partial charge >= 0.3 is 13.5 Å². The third kappa shape index (κ3) is 3.47. The Hall–Kier alpha value is -1.33. The first kappa shape index (κ1) is 16.0. The Morgan fingerprint density at radius 2 is 2.19 bits per heavy atom. The predicted octanol–water partition coefficient (Wildman–Crippen LogP) is -2.45. The Balaban J connectivity index is 2.31. The van der Waals surface area contributed by atoms with Gasteiger partial charge in [0, 0.05) is 6.20 Å². The highest BCUT2D eigenvalue weighted by Crippen LogP contribution is 2.43. The van der Waals surface area contributed by atoms with E-state index >= 15 is 0 Å². The molecule has 0 radical (unpaired) electrons. The van der Waals surface area contributed by atoms with Crippen LogP contribution in [0.25, 0.3) is 0 Å². The lowest BCUT2D eigenvalue weighted by Crippen LogP contribution is -2.37. The van der Waals surface area contributed by atoms with Gasteiger partial charge in [-0.25, -0.2) is 9.36 Å². The highest BCUT2D eigenvalue weighted by molar-refractivity contribution is 7.46. The summed E-state index contributed by atoms with van der Waals surface area (Å²) >= 11 is 0. The van der Waals surface area contributed by atoms with Gasteiger partial charge in [-0.15, -0.1) is 0 Å². The molecule has 0 amide bonds. The first-order chi connectivity index (χ1) is 9.73. The van der Waals surface area contributed by atoms with E-state index in [0.29, 0.717) is 0 Å². The van der Waals surface area contributed by atoms with Crippen molar-refractivity contribution in [3.8, 4) is 0 Å². The summed E-state index contributed by atoms with van der Waals surface area (Å²) < 4.78 is 21.4. The van der Waals surface area contributed by atoms with Crippen molar-refractivity contribution in [2.45, 2.75) is 24.5 Å². The summed E-state index contributed by atoms with van der Waals surface area (Å²) in [6.45, 7) is -0.671. The number of phosphoric acid groups is 1. The van der Waals surface area contributed by atoms with E-state index < -0.39 is 44.7 Å². The Morgan fingerprint density at radius 1 is 1.52 bits per heavy atom. The first-order valence-corrected chi connectivity index (χ1v) is 7.29. The number of hydrogen-bond donors (Lipinski definition) is 5. The minimum absolute atomic E-state index is 0.0366. The number of ether oxygens (including phenoxy) is 1. The molecule has 0 spiro atoms. The van der Waals surface area contributed by atoms with Crippen LogP contribution in [-0.2, 0) is 13.8 Å². The lowest BCUT2D eigenvalue weighted by molar-refractivity contribution is -0.0548. The average Bonchev–Trinajstić information content (AvgIpc) is 2.65. The lowest BCUT2D eigenvalue weighted by atomic mass is 10.1. The van der Waals surface area contributed by atoms with Crippen LogP contribution in [0.1, 0.15) is 6.23 Å². The van der Waals surface area contributed by atoms with Crippen LogP contribution in [0.2, 0.25) is 0 Å². The van der Waals surface area contributed by atoms with Gasteiger partial charge in [0.05, 0.1) is 6.61 Å². The molecular formula is C9H14N3O8P. The fourth-order valence-corrected chi connectivity index (χ4v) is 2.58. The van der Waals surface area contributed by atoms with E-state index in [1.54, 1.807) is 0 Å². The Labute approximate surface area is 117 Å². The van der Waals surface area contributed by atoms with Gasteiger partial charge in [-0.1, -0.05) is 0 Å². The second kappa shape index (κ2) is 5.81. The number of aromatic nitrogens is 2. The van der Waals surface area contributed by atoms with Crippen molar-refractivity contribution in [1.29, 1.82) is 0 Å². The van der Waals surface area contributed by atoms with Gasteiger partial charge in [0.2, 0.25) is 0 Å². The minimum atomic E-state index is -4.91. The topological polar surface area (TPSA) is 177 Å². The maximum atomic E-state index is 11.7. The van der Waals surface area contributed by atoms with Gasteiger partial charge in [0.25, 0.3) is 0 Å². The molecule has 0 aromatic carbocycles. The average molecular weight is 323 g/mol. The molecule has 6 N–H and O–H groups in total. The molecule has 1 saturated heterocycles.